The van der Waals surface area contributed by atoms with Gasteiger partial charge in [-0.2, -0.15) is 0 Å². The van der Waals surface area contributed by atoms with E-state index in [2.05, 4.69) is 36.2 Å². The molecule has 7 heteroatoms. The molecular weight excluding hydrogens is 514 g/mol. The zero-order valence-electron chi connectivity index (χ0n) is 24.0. The first-order chi connectivity index (χ1) is 20.0. The minimum absolute atomic E-state index is 0.0394. The van der Waals surface area contributed by atoms with Gasteiger partial charge in [0.25, 0.3) is 5.91 Å². The molecule has 41 heavy (non-hydrogen) atoms. The molecule has 0 spiro atoms. The number of H-pyrrole nitrogens is 1. The summed E-state index contributed by atoms with van der Waals surface area (Å²) in [6.45, 7) is 8.05. The standard InChI is InChI=1S/C34H37N3O4/c1-4-19-41-28-16-15-24(20-29(28)40-5-2)26-21-37-30(38)22-36(18-17-23-11-7-6-8-12-23)33(39)34(37,3)32-31(26)25-13-9-10-14-27(25)35-32/h6-16,20,26,35H,4-5,17-19,21-22H2,1-3H3/t26?,34-/m0/s1. The van der Waals surface area contributed by atoms with Gasteiger partial charge in [-0.15, -0.1) is 0 Å². The van der Waals surface area contributed by atoms with Crippen LogP contribution in [0.3, 0.4) is 0 Å². The summed E-state index contributed by atoms with van der Waals surface area (Å²) >= 11 is 0. The lowest BCUT2D eigenvalue weighted by molar-refractivity contribution is -0.166. The topological polar surface area (TPSA) is 74.9 Å². The Morgan fingerprint density at radius 1 is 0.951 bits per heavy atom. The third kappa shape index (κ3) is 4.63. The second-order valence-electron chi connectivity index (χ2n) is 11.0. The Bertz CT molecular complexity index is 1580. The number of aromatic nitrogens is 1. The maximum absolute atomic E-state index is 14.3. The normalized spacial score (nSPS) is 20.2. The summed E-state index contributed by atoms with van der Waals surface area (Å²) in [6.07, 6.45) is 1.60. The van der Waals surface area contributed by atoms with Crippen LogP contribution in [0, 0.1) is 0 Å². The van der Waals surface area contributed by atoms with Crippen molar-refractivity contribution in [2.45, 2.75) is 45.1 Å². The summed E-state index contributed by atoms with van der Waals surface area (Å²) < 4.78 is 12.0. The summed E-state index contributed by atoms with van der Waals surface area (Å²) in [6, 6.07) is 24.3. The Morgan fingerprint density at radius 2 is 1.73 bits per heavy atom. The van der Waals surface area contributed by atoms with Gasteiger partial charge in [-0.25, -0.2) is 0 Å². The zero-order chi connectivity index (χ0) is 28.6. The Balaban J connectivity index is 1.43. The lowest BCUT2D eigenvalue weighted by Gasteiger charge is -2.51. The van der Waals surface area contributed by atoms with Crippen molar-refractivity contribution in [3.8, 4) is 11.5 Å². The number of piperazine rings is 1. The third-order valence-electron chi connectivity index (χ3n) is 8.46. The lowest BCUT2D eigenvalue weighted by atomic mass is 9.76. The van der Waals surface area contributed by atoms with Crippen LogP contribution in [0.1, 0.15) is 55.5 Å². The average Bonchev–Trinajstić information content (AvgIpc) is 3.39. The molecule has 6 rings (SSSR count). The Kier molecular flexibility index (Phi) is 7.20. The molecule has 3 aromatic carbocycles. The van der Waals surface area contributed by atoms with Crippen molar-refractivity contribution in [2.75, 3.05) is 32.8 Å². The summed E-state index contributed by atoms with van der Waals surface area (Å²) in [4.78, 5) is 35.2. The van der Waals surface area contributed by atoms with Gasteiger partial charge in [-0.3, -0.25) is 9.59 Å². The summed E-state index contributed by atoms with van der Waals surface area (Å²) in [5.74, 6) is 1.19. The highest BCUT2D eigenvalue weighted by atomic mass is 16.5. The van der Waals surface area contributed by atoms with Crippen molar-refractivity contribution < 1.29 is 19.1 Å². The quantitative estimate of drug-likeness (QED) is 0.293. The lowest BCUT2D eigenvalue weighted by Crippen LogP contribution is -2.67. The minimum atomic E-state index is -1.12. The molecule has 7 nitrogen and oxygen atoms in total. The average molecular weight is 552 g/mol. The molecule has 1 unspecified atom stereocenters. The number of para-hydroxylation sites is 1. The second-order valence-corrected chi connectivity index (χ2v) is 11.0. The van der Waals surface area contributed by atoms with Gasteiger partial charge >= 0.3 is 0 Å². The van der Waals surface area contributed by atoms with E-state index in [4.69, 9.17) is 9.47 Å². The number of hydrogen-bond donors (Lipinski definition) is 1. The minimum Gasteiger partial charge on any atom is -0.490 e. The van der Waals surface area contributed by atoms with E-state index in [1.54, 1.807) is 9.80 Å². The molecule has 0 bridgehead atoms. The number of carbonyl (C=O) groups excluding carboxylic acids is 2. The molecule has 0 saturated carbocycles. The van der Waals surface area contributed by atoms with Gasteiger partial charge in [0.2, 0.25) is 5.91 Å². The summed E-state index contributed by atoms with van der Waals surface area (Å²) in [7, 11) is 0. The molecule has 1 saturated heterocycles. The van der Waals surface area contributed by atoms with Crippen molar-refractivity contribution in [3.05, 3.63) is 95.2 Å². The number of nitrogens with zero attached hydrogens (tertiary/aromatic N) is 2. The number of rotatable bonds is 9. The highest BCUT2D eigenvalue weighted by molar-refractivity contribution is 6.01. The number of aromatic amines is 1. The van der Waals surface area contributed by atoms with Crippen molar-refractivity contribution in [2.24, 2.45) is 0 Å². The van der Waals surface area contributed by atoms with E-state index in [0.29, 0.717) is 38.5 Å². The highest BCUT2D eigenvalue weighted by Gasteiger charge is 2.56. The first-order valence-corrected chi connectivity index (χ1v) is 14.6. The van der Waals surface area contributed by atoms with Gasteiger partial charge in [0.05, 0.1) is 25.5 Å². The summed E-state index contributed by atoms with van der Waals surface area (Å²) in [5, 5.41) is 1.07. The molecule has 0 radical (unpaired) electrons. The molecule has 0 aliphatic carbocycles. The van der Waals surface area contributed by atoms with Crippen LogP contribution in [0.15, 0.2) is 72.8 Å². The van der Waals surface area contributed by atoms with Gasteiger partial charge < -0.3 is 24.3 Å². The fourth-order valence-corrected chi connectivity index (χ4v) is 6.41. The molecule has 2 amide bonds. The largest absolute Gasteiger partial charge is 0.490 e. The molecule has 2 aliphatic heterocycles. The van der Waals surface area contributed by atoms with E-state index in [9.17, 15) is 9.59 Å². The van der Waals surface area contributed by atoms with Crippen LogP contribution in [-0.4, -0.2) is 59.4 Å². The number of hydrogen-bond acceptors (Lipinski definition) is 4. The van der Waals surface area contributed by atoms with Crippen LogP contribution in [0.25, 0.3) is 10.9 Å². The van der Waals surface area contributed by atoms with E-state index < -0.39 is 5.54 Å². The van der Waals surface area contributed by atoms with Crippen molar-refractivity contribution >= 4 is 22.7 Å². The van der Waals surface area contributed by atoms with Gasteiger partial charge in [-0.05, 0) is 61.6 Å². The number of ether oxygens (including phenoxy) is 2. The number of carbonyl (C=O) groups is 2. The summed E-state index contributed by atoms with van der Waals surface area (Å²) in [5.41, 5.74) is 3.87. The Morgan fingerprint density at radius 3 is 2.51 bits per heavy atom. The predicted molar refractivity (Wildman–Crippen MR) is 159 cm³/mol. The molecule has 3 heterocycles. The van der Waals surface area contributed by atoms with Crippen LogP contribution >= 0.6 is 0 Å². The van der Waals surface area contributed by atoms with E-state index in [1.807, 2.05) is 62.4 Å². The van der Waals surface area contributed by atoms with Crippen LogP contribution < -0.4 is 9.47 Å². The maximum Gasteiger partial charge on any atom is 0.254 e. The van der Waals surface area contributed by atoms with Crippen molar-refractivity contribution in [1.82, 2.24) is 14.8 Å². The predicted octanol–water partition coefficient (Wildman–Crippen LogP) is 5.63. The molecule has 4 aromatic rings. The molecule has 2 aliphatic rings. The van der Waals surface area contributed by atoms with E-state index in [-0.39, 0.29) is 24.3 Å². The van der Waals surface area contributed by atoms with E-state index in [1.165, 1.54) is 0 Å². The van der Waals surface area contributed by atoms with Crippen LogP contribution in [0.2, 0.25) is 0 Å². The number of benzene rings is 3. The van der Waals surface area contributed by atoms with Crippen LogP contribution in [-0.2, 0) is 21.5 Å². The van der Waals surface area contributed by atoms with Gasteiger partial charge in [0, 0.05) is 29.9 Å². The van der Waals surface area contributed by atoms with Crippen LogP contribution in [0.4, 0.5) is 0 Å². The smallest absolute Gasteiger partial charge is 0.254 e. The van der Waals surface area contributed by atoms with Gasteiger partial charge in [0.15, 0.2) is 17.0 Å². The number of amides is 2. The van der Waals surface area contributed by atoms with E-state index >= 15 is 0 Å². The fraction of sp³-hybridized carbons (Fsp3) is 0.353. The second kappa shape index (κ2) is 11.0. The van der Waals surface area contributed by atoms with E-state index in [0.717, 1.165) is 45.5 Å². The monoisotopic (exact) mass is 551 g/mol. The van der Waals surface area contributed by atoms with Gasteiger partial charge in [-0.1, -0.05) is 61.5 Å². The third-order valence-corrected chi connectivity index (χ3v) is 8.46. The molecule has 1 fully saturated rings. The SMILES string of the molecule is CCCOc1ccc(C2CN3C(=O)CN(CCc4ccccc4)C(=O)[C@]3(C)c3[nH]c4ccccc4c32)cc1OCC. The zero-order valence-corrected chi connectivity index (χ0v) is 24.0. The fourth-order valence-electron chi connectivity index (χ4n) is 6.41. The molecule has 212 valence electrons. The highest BCUT2D eigenvalue weighted by Crippen LogP contribution is 2.49. The molecule has 2 atom stereocenters. The van der Waals surface area contributed by atoms with Crippen molar-refractivity contribution in [3.63, 3.8) is 0 Å². The molecule has 1 aromatic heterocycles. The number of nitrogens with one attached hydrogen (secondary N) is 1. The first-order valence-electron chi connectivity index (χ1n) is 14.6. The Hall–Kier alpha value is -4.26. The maximum atomic E-state index is 14.3. The van der Waals surface area contributed by atoms with Crippen molar-refractivity contribution in [1.29, 1.82) is 0 Å². The van der Waals surface area contributed by atoms with Crippen LogP contribution in [0.5, 0.6) is 11.5 Å². The Labute approximate surface area is 241 Å². The number of fused-ring (bicyclic) bond motifs is 5. The molecule has 1 N–H and O–H groups in total. The molecular formula is C34H37N3O4. The first kappa shape index (κ1) is 26.9. The van der Waals surface area contributed by atoms with Gasteiger partial charge in [0.1, 0.15) is 0 Å².